The number of Topliss-reactive ketones (excluding diaryl/α,β-unsaturated/α-hetero) is 1. The summed E-state index contributed by atoms with van der Waals surface area (Å²) in [5, 5.41) is 10.8. The van der Waals surface area contributed by atoms with E-state index in [1.807, 2.05) is 19.0 Å². The third-order valence-electron chi connectivity index (χ3n) is 2.82. The Balaban J connectivity index is -0.00000112. The van der Waals surface area contributed by atoms with Crippen LogP contribution in [0.25, 0.3) is 0 Å². The van der Waals surface area contributed by atoms with Crippen LogP contribution in [0, 0.1) is 18.8 Å². The van der Waals surface area contributed by atoms with Crippen LogP contribution in [0.4, 0.5) is 4.39 Å². The highest BCUT2D eigenvalue weighted by Gasteiger charge is 2.24. The number of aldehydes is 1. The Morgan fingerprint density at radius 3 is 2.12 bits per heavy atom. The van der Waals surface area contributed by atoms with Gasteiger partial charge in [0.05, 0.1) is 6.42 Å². The largest absolute Gasteiger partial charge is 0.481 e. The van der Waals surface area contributed by atoms with Gasteiger partial charge in [-0.05, 0) is 27.1 Å². The standard InChI is InChI=1S/C13H21FN2O5.C2H4.C2H2/c1-16(2)4-3-9(8-17)5-12(19)15-10(6-13(20)21)11(18)7-14;2*1-2/h8-10H,3-7H2,1-2H3,(H,15,19)(H,20,21);1-2H2;1-2H. The summed E-state index contributed by atoms with van der Waals surface area (Å²) >= 11 is 0. The molecule has 0 saturated carbocycles. The van der Waals surface area contributed by atoms with Crippen molar-refractivity contribution in [2.75, 3.05) is 27.3 Å². The van der Waals surface area contributed by atoms with Crippen LogP contribution in [0.1, 0.15) is 19.3 Å². The molecule has 0 bridgehead atoms. The summed E-state index contributed by atoms with van der Waals surface area (Å²) < 4.78 is 12.3. The zero-order chi connectivity index (χ0) is 20.4. The molecule has 2 N–H and O–H groups in total. The Hall–Kier alpha value is -2.53. The summed E-state index contributed by atoms with van der Waals surface area (Å²) in [5.74, 6) is -3.49. The zero-order valence-corrected chi connectivity index (χ0v) is 14.7. The number of amides is 1. The number of carboxylic acid groups (broad SMARTS) is 1. The molecule has 1 amide bonds. The molecule has 142 valence electrons. The summed E-state index contributed by atoms with van der Waals surface area (Å²) in [7, 11) is 3.65. The first-order chi connectivity index (χ1) is 11.8. The molecule has 0 aliphatic heterocycles. The summed E-state index contributed by atoms with van der Waals surface area (Å²) in [6, 6.07) is -1.40. The van der Waals surface area contributed by atoms with Crippen molar-refractivity contribution in [2.45, 2.75) is 25.3 Å². The van der Waals surface area contributed by atoms with Crippen molar-refractivity contribution in [1.29, 1.82) is 0 Å². The van der Waals surface area contributed by atoms with Crippen molar-refractivity contribution in [1.82, 2.24) is 10.2 Å². The quantitative estimate of drug-likeness (QED) is 0.320. The van der Waals surface area contributed by atoms with Crippen LogP contribution in [0.15, 0.2) is 13.2 Å². The SMILES string of the molecule is C#C.C=C.CN(C)CCC(C=O)CC(=O)NC(CC(=O)O)C(=O)CF. The number of ketones is 1. The zero-order valence-electron chi connectivity index (χ0n) is 14.7. The van der Waals surface area contributed by atoms with Crippen LogP contribution >= 0.6 is 0 Å². The minimum atomic E-state index is -1.40. The topological polar surface area (TPSA) is 104 Å². The van der Waals surface area contributed by atoms with Crippen molar-refractivity contribution in [3.63, 3.8) is 0 Å². The maximum absolute atomic E-state index is 12.3. The number of nitrogens with zero attached hydrogens (tertiary/aromatic N) is 1. The van der Waals surface area contributed by atoms with Crippen LogP contribution in [0.5, 0.6) is 0 Å². The highest BCUT2D eigenvalue weighted by Crippen LogP contribution is 2.07. The summed E-state index contributed by atoms with van der Waals surface area (Å²) in [4.78, 5) is 46.3. The molecule has 0 rings (SSSR count). The second-order valence-electron chi connectivity index (χ2n) is 5.01. The molecule has 0 aromatic rings. The number of carbonyl (C=O) groups is 4. The molecular formula is C17H27FN2O5. The molecule has 0 fully saturated rings. The fourth-order valence-electron chi connectivity index (χ4n) is 1.65. The number of terminal acetylenes is 1. The lowest BCUT2D eigenvalue weighted by molar-refractivity contribution is -0.140. The Bertz CT molecular complexity index is 438. The van der Waals surface area contributed by atoms with E-state index in [-0.39, 0.29) is 6.42 Å². The third-order valence-corrected chi connectivity index (χ3v) is 2.82. The average Bonchev–Trinajstić information content (AvgIpc) is 2.60. The molecule has 0 aliphatic carbocycles. The van der Waals surface area contributed by atoms with Crippen molar-refractivity contribution in [3.8, 4) is 12.8 Å². The molecule has 8 heteroatoms. The van der Waals surface area contributed by atoms with Gasteiger partial charge >= 0.3 is 5.97 Å². The summed E-state index contributed by atoms with van der Waals surface area (Å²) in [6.07, 6.45) is 8.27. The molecule has 7 nitrogen and oxygen atoms in total. The lowest BCUT2D eigenvalue weighted by Crippen LogP contribution is -2.43. The molecule has 0 aromatic heterocycles. The van der Waals surface area contributed by atoms with Gasteiger partial charge < -0.3 is 20.1 Å². The van der Waals surface area contributed by atoms with Crippen LogP contribution in [0.3, 0.4) is 0 Å². The highest BCUT2D eigenvalue weighted by molar-refractivity contribution is 5.92. The number of nitrogens with one attached hydrogen (secondary N) is 1. The molecule has 25 heavy (non-hydrogen) atoms. The van der Waals surface area contributed by atoms with E-state index >= 15 is 0 Å². The molecule has 0 saturated heterocycles. The highest BCUT2D eigenvalue weighted by atomic mass is 19.1. The minimum absolute atomic E-state index is 0.160. The van der Waals surface area contributed by atoms with Crippen LogP contribution in [-0.4, -0.2) is 67.3 Å². The van der Waals surface area contributed by atoms with Gasteiger partial charge in [0.1, 0.15) is 19.0 Å². The number of halogens is 1. The summed E-state index contributed by atoms with van der Waals surface area (Å²) in [6.45, 7) is 5.26. The number of rotatable bonds is 11. The number of hydrogen-bond acceptors (Lipinski definition) is 5. The second kappa shape index (κ2) is 17.8. The lowest BCUT2D eigenvalue weighted by Gasteiger charge is -2.17. The van der Waals surface area contributed by atoms with E-state index in [0.29, 0.717) is 19.3 Å². The van der Waals surface area contributed by atoms with Crippen LogP contribution in [0.2, 0.25) is 0 Å². The first-order valence-corrected chi connectivity index (χ1v) is 7.33. The van der Waals surface area contributed by atoms with Gasteiger partial charge in [-0.15, -0.1) is 26.0 Å². The van der Waals surface area contributed by atoms with Gasteiger partial charge in [-0.1, -0.05) is 0 Å². The van der Waals surface area contributed by atoms with Crippen molar-refractivity contribution >= 4 is 23.9 Å². The molecule has 0 aliphatic rings. The fourth-order valence-corrected chi connectivity index (χ4v) is 1.65. The van der Waals surface area contributed by atoms with E-state index in [9.17, 15) is 23.6 Å². The molecule has 0 spiro atoms. The first kappa shape index (κ1) is 27.3. The normalized spacial score (nSPS) is 11.6. The van der Waals surface area contributed by atoms with Gasteiger partial charge in [-0.2, -0.15) is 0 Å². The molecule has 2 unspecified atom stereocenters. The van der Waals surface area contributed by atoms with Crippen molar-refractivity contribution in [2.24, 2.45) is 5.92 Å². The molecule has 0 radical (unpaired) electrons. The van der Waals surface area contributed by atoms with Crippen LogP contribution in [-0.2, 0) is 19.2 Å². The monoisotopic (exact) mass is 358 g/mol. The Morgan fingerprint density at radius 1 is 1.24 bits per heavy atom. The Labute approximate surface area is 148 Å². The smallest absolute Gasteiger partial charge is 0.305 e. The second-order valence-corrected chi connectivity index (χ2v) is 5.01. The predicted octanol–water partition coefficient (Wildman–Crippen LogP) is 0.693. The van der Waals surface area contributed by atoms with Gasteiger partial charge in [0.2, 0.25) is 5.91 Å². The number of hydrogen-bond donors (Lipinski definition) is 2. The minimum Gasteiger partial charge on any atom is -0.481 e. The third kappa shape index (κ3) is 16.1. The maximum Gasteiger partial charge on any atom is 0.305 e. The number of alkyl halides is 1. The molecule has 2 atom stereocenters. The number of aliphatic carboxylic acids is 1. The van der Waals surface area contributed by atoms with E-state index < -0.39 is 42.7 Å². The number of carbonyl (C=O) groups excluding carboxylic acids is 3. The first-order valence-electron chi connectivity index (χ1n) is 7.33. The molecule has 0 aromatic carbocycles. The van der Waals surface area contributed by atoms with Gasteiger partial charge in [-0.3, -0.25) is 14.4 Å². The summed E-state index contributed by atoms with van der Waals surface area (Å²) in [5.41, 5.74) is 0. The number of carboxylic acids is 1. The Kier molecular flexibility index (Phi) is 19.5. The van der Waals surface area contributed by atoms with E-state index in [1.54, 1.807) is 0 Å². The fraction of sp³-hybridized carbons (Fsp3) is 0.529. The van der Waals surface area contributed by atoms with Gasteiger partial charge in [0.25, 0.3) is 0 Å². The van der Waals surface area contributed by atoms with E-state index in [2.05, 4.69) is 31.3 Å². The average molecular weight is 358 g/mol. The van der Waals surface area contributed by atoms with E-state index in [4.69, 9.17) is 5.11 Å². The maximum atomic E-state index is 12.3. The van der Waals surface area contributed by atoms with E-state index in [0.717, 1.165) is 0 Å². The van der Waals surface area contributed by atoms with Gasteiger partial charge in [0, 0.05) is 12.3 Å². The predicted molar refractivity (Wildman–Crippen MR) is 93.7 cm³/mol. The molecular weight excluding hydrogens is 331 g/mol. The molecule has 0 heterocycles. The van der Waals surface area contributed by atoms with Crippen molar-refractivity contribution < 1.29 is 28.7 Å². The van der Waals surface area contributed by atoms with E-state index in [1.165, 1.54) is 0 Å². The Morgan fingerprint density at radius 2 is 1.76 bits per heavy atom. The van der Waals surface area contributed by atoms with Crippen molar-refractivity contribution in [3.05, 3.63) is 13.2 Å². The lowest BCUT2D eigenvalue weighted by atomic mass is 10.0. The van der Waals surface area contributed by atoms with Crippen LogP contribution < -0.4 is 5.32 Å². The van der Waals surface area contributed by atoms with Gasteiger partial charge in [0.15, 0.2) is 5.78 Å². The van der Waals surface area contributed by atoms with Gasteiger partial charge in [-0.25, -0.2) is 4.39 Å².